The molecule has 2 amide bonds. The Bertz CT molecular complexity index is 1380. The minimum atomic E-state index is -3.85. The number of carbonyl (C=O) groups is 2. The molecule has 208 valence electrons. The second-order valence-corrected chi connectivity index (χ2v) is 11.5. The maximum absolute atomic E-state index is 14.0. The van der Waals surface area contributed by atoms with E-state index in [0.717, 1.165) is 27.3 Å². The Morgan fingerprint density at radius 1 is 0.923 bits per heavy atom. The summed E-state index contributed by atoms with van der Waals surface area (Å²) in [5, 5.41) is 2.89. The molecular weight excluding hydrogens is 517 g/mol. The summed E-state index contributed by atoms with van der Waals surface area (Å²) in [7, 11) is -3.85. The number of amides is 2. The summed E-state index contributed by atoms with van der Waals surface area (Å²) in [6, 6.07) is 19.4. The van der Waals surface area contributed by atoms with E-state index in [1.165, 1.54) is 17.0 Å². The summed E-state index contributed by atoms with van der Waals surface area (Å²) in [4.78, 5) is 28.9. The number of anilines is 1. The van der Waals surface area contributed by atoms with Gasteiger partial charge in [0.15, 0.2) is 0 Å². The van der Waals surface area contributed by atoms with Crippen molar-refractivity contribution >= 4 is 27.5 Å². The molecule has 0 saturated heterocycles. The summed E-state index contributed by atoms with van der Waals surface area (Å²) in [6.45, 7) is 5.55. The average Bonchev–Trinajstić information content (AvgIpc) is 2.90. The highest BCUT2D eigenvalue weighted by Crippen LogP contribution is 2.26. The maximum atomic E-state index is 14.0. The van der Waals surface area contributed by atoms with E-state index in [0.29, 0.717) is 24.2 Å². The Labute approximate surface area is 230 Å². The van der Waals surface area contributed by atoms with Crippen molar-refractivity contribution in [1.82, 2.24) is 10.2 Å². The van der Waals surface area contributed by atoms with Gasteiger partial charge in [-0.15, -0.1) is 0 Å². The van der Waals surface area contributed by atoms with E-state index < -0.39 is 34.3 Å². The van der Waals surface area contributed by atoms with Crippen molar-refractivity contribution in [2.24, 2.45) is 0 Å². The monoisotopic (exact) mass is 553 g/mol. The minimum Gasteiger partial charge on any atom is -0.354 e. The lowest BCUT2D eigenvalue weighted by Crippen LogP contribution is -2.53. The second kappa shape index (κ2) is 13.4. The maximum Gasteiger partial charge on any atom is 0.244 e. The number of hydrogen-bond acceptors (Lipinski definition) is 4. The fourth-order valence-corrected chi connectivity index (χ4v) is 5.21. The van der Waals surface area contributed by atoms with E-state index in [1.54, 1.807) is 31.2 Å². The Hall–Kier alpha value is -3.72. The summed E-state index contributed by atoms with van der Waals surface area (Å²) < 4.78 is 40.6. The van der Waals surface area contributed by atoms with Crippen molar-refractivity contribution in [1.29, 1.82) is 0 Å². The molecule has 0 spiro atoms. The van der Waals surface area contributed by atoms with Crippen molar-refractivity contribution in [2.75, 3.05) is 23.7 Å². The van der Waals surface area contributed by atoms with Crippen molar-refractivity contribution in [3.63, 3.8) is 0 Å². The molecule has 39 heavy (non-hydrogen) atoms. The smallest absolute Gasteiger partial charge is 0.244 e. The van der Waals surface area contributed by atoms with Crippen LogP contribution in [0.3, 0.4) is 0 Å². The van der Waals surface area contributed by atoms with Gasteiger partial charge in [-0.3, -0.25) is 13.9 Å². The standard InChI is InChI=1S/C30H36FN3O4S/c1-5-18-32-30(36)28(19-24-11-7-6-8-12-24)33(20-25-14-16-26(31)17-15-25)29(35)21-34(39(4,37)38)27-13-9-10-22(2)23(27)3/h6-17,28H,5,18-21H2,1-4H3,(H,32,36). The van der Waals surface area contributed by atoms with Gasteiger partial charge >= 0.3 is 0 Å². The molecule has 1 atom stereocenters. The van der Waals surface area contributed by atoms with Crippen LogP contribution in [-0.4, -0.2) is 50.5 Å². The van der Waals surface area contributed by atoms with Gasteiger partial charge in [0.05, 0.1) is 11.9 Å². The Kier molecular flexibility index (Phi) is 10.2. The molecule has 3 rings (SSSR count). The van der Waals surface area contributed by atoms with Crippen LogP contribution in [0.25, 0.3) is 0 Å². The number of nitrogens with zero attached hydrogens (tertiary/aromatic N) is 2. The third-order valence-electron chi connectivity index (χ3n) is 6.61. The van der Waals surface area contributed by atoms with Crippen LogP contribution in [0.1, 0.15) is 35.6 Å². The molecule has 0 radical (unpaired) electrons. The van der Waals surface area contributed by atoms with Gasteiger partial charge in [-0.2, -0.15) is 0 Å². The SMILES string of the molecule is CCCNC(=O)C(Cc1ccccc1)N(Cc1ccc(F)cc1)C(=O)CN(c1cccc(C)c1C)S(C)(=O)=O. The number of aryl methyl sites for hydroxylation is 1. The molecule has 0 aliphatic heterocycles. The third-order valence-corrected chi connectivity index (χ3v) is 7.74. The largest absolute Gasteiger partial charge is 0.354 e. The molecule has 0 fully saturated rings. The minimum absolute atomic E-state index is 0.000556. The van der Waals surface area contributed by atoms with Crippen molar-refractivity contribution in [2.45, 2.75) is 46.2 Å². The predicted octanol–water partition coefficient (Wildman–Crippen LogP) is 4.37. The molecule has 0 heterocycles. The fraction of sp³-hybridized carbons (Fsp3) is 0.333. The molecule has 9 heteroatoms. The van der Waals surface area contributed by atoms with Gasteiger partial charge in [-0.05, 0) is 60.7 Å². The van der Waals surface area contributed by atoms with Crippen LogP contribution in [0, 0.1) is 19.7 Å². The topological polar surface area (TPSA) is 86.8 Å². The first-order chi connectivity index (χ1) is 18.5. The first kappa shape index (κ1) is 29.8. The zero-order valence-corrected chi connectivity index (χ0v) is 23.7. The molecule has 0 aliphatic carbocycles. The first-order valence-corrected chi connectivity index (χ1v) is 14.8. The number of carbonyl (C=O) groups excluding carboxylic acids is 2. The second-order valence-electron chi connectivity index (χ2n) is 9.63. The molecule has 0 aromatic heterocycles. The van der Waals surface area contributed by atoms with Crippen molar-refractivity contribution in [3.8, 4) is 0 Å². The first-order valence-electron chi connectivity index (χ1n) is 12.9. The summed E-state index contributed by atoms with van der Waals surface area (Å²) >= 11 is 0. The summed E-state index contributed by atoms with van der Waals surface area (Å²) in [5.74, 6) is -1.30. The number of nitrogens with one attached hydrogen (secondary N) is 1. The molecular formula is C30H36FN3O4S. The van der Waals surface area contributed by atoms with Crippen LogP contribution in [0.5, 0.6) is 0 Å². The third kappa shape index (κ3) is 8.13. The number of sulfonamides is 1. The molecule has 0 bridgehead atoms. The van der Waals surface area contributed by atoms with Crippen LogP contribution >= 0.6 is 0 Å². The van der Waals surface area contributed by atoms with Crippen LogP contribution in [-0.2, 0) is 32.6 Å². The van der Waals surface area contributed by atoms with Gasteiger partial charge in [0.1, 0.15) is 18.4 Å². The molecule has 1 N–H and O–H groups in total. The number of halogens is 1. The lowest BCUT2D eigenvalue weighted by atomic mass is 10.0. The highest BCUT2D eigenvalue weighted by Gasteiger charge is 2.33. The number of rotatable bonds is 12. The Morgan fingerprint density at radius 3 is 2.21 bits per heavy atom. The summed E-state index contributed by atoms with van der Waals surface area (Å²) in [5.41, 5.74) is 3.49. The van der Waals surface area contributed by atoms with Gasteiger partial charge in [0.25, 0.3) is 0 Å². The van der Waals surface area contributed by atoms with E-state index >= 15 is 0 Å². The van der Waals surface area contributed by atoms with Crippen LogP contribution < -0.4 is 9.62 Å². The Balaban J connectivity index is 2.06. The van der Waals surface area contributed by atoms with E-state index in [-0.39, 0.29) is 18.9 Å². The lowest BCUT2D eigenvalue weighted by Gasteiger charge is -2.34. The van der Waals surface area contributed by atoms with E-state index in [9.17, 15) is 22.4 Å². The van der Waals surface area contributed by atoms with Crippen LogP contribution in [0.4, 0.5) is 10.1 Å². The zero-order valence-electron chi connectivity index (χ0n) is 22.9. The molecule has 0 aliphatic rings. The van der Waals surface area contributed by atoms with Crippen molar-refractivity contribution < 1.29 is 22.4 Å². The van der Waals surface area contributed by atoms with Gasteiger partial charge in [-0.1, -0.05) is 61.5 Å². The molecule has 3 aromatic rings. The van der Waals surface area contributed by atoms with E-state index in [4.69, 9.17) is 0 Å². The number of hydrogen-bond donors (Lipinski definition) is 1. The quantitative estimate of drug-likeness (QED) is 0.361. The van der Waals surface area contributed by atoms with Crippen molar-refractivity contribution in [3.05, 3.63) is 101 Å². The van der Waals surface area contributed by atoms with Gasteiger partial charge in [0.2, 0.25) is 21.8 Å². The highest BCUT2D eigenvalue weighted by molar-refractivity contribution is 7.92. The molecule has 1 unspecified atom stereocenters. The van der Waals surface area contributed by atoms with Crippen LogP contribution in [0.2, 0.25) is 0 Å². The van der Waals surface area contributed by atoms with Gasteiger partial charge < -0.3 is 10.2 Å². The summed E-state index contributed by atoms with van der Waals surface area (Å²) in [6.07, 6.45) is 2.00. The molecule has 3 aromatic carbocycles. The normalized spacial score (nSPS) is 12.0. The average molecular weight is 554 g/mol. The number of benzene rings is 3. The van der Waals surface area contributed by atoms with Crippen LogP contribution in [0.15, 0.2) is 72.8 Å². The predicted molar refractivity (Wildman–Crippen MR) is 152 cm³/mol. The van der Waals surface area contributed by atoms with Gasteiger partial charge in [-0.25, -0.2) is 12.8 Å². The lowest BCUT2D eigenvalue weighted by molar-refractivity contribution is -0.140. The fourth-order valence-electron chi connectivity index (χ4n) is 4.31. The molecule has 0 saturated carbocycles. The van der Waals surface area contributed by atoms with Gasteiger partial charge in [0, 0.05) is 19.5 Å². The molecule has 7 nitrogen and oxygen atoms in total. The van der Waals surface area contributed by atoms with E-state index in [1.807, 2.05) is 50.2 Å². The zero-order chi connectivity index (χ0) is 28.6. The van der Waals surface area contributed by atoms with E-state index in [2.05, 4.69) is 5.32 Å². The Morgan fingerprint density at radius 2 is 1.59 bits per heavy atom. The highest BCUT2D eigenvalue weighted by atomic mass is 32.2.